The molecule has 2 aromatic carbocycles. The third-order valence-corrected chi connectivity index (χ3v) is 4.07. The molecular weight excluding hydrogens is 326 g/mol. The van der Waals surface area contributed by atoms with Gasteiger partial charge in [-0.2, -0.15) is 10.2 Å². The Labute approximate surface area is 150 Å². The molecule has 0 radical (unpaired) electrons. The van der Waals surface area contributed by atoms with E-state index in [1.54, 1.807) is 28.7 Å². The van der Waals surface area contributed by atoms with E-state index >= 15 is 0 Å². The van der Waals surface area contributed by atoms with E-state index in [1.807, 2.05) is 66.7 Å². The van der Waals surface area contributed by atoms with Crippen LogP contribution >= 0.6 is 0 Å². The Morgan fingerprint density at radius 3 is 2.38 bits per heavy atom. The molecule has 4 rings (SSSR count). The minimum Gasteiger partial charge on any atom is -0.305 e. The minimum absolute atomic E-state index is 0.242. The van der Waals surface area contributed by atoms with Crippen LogP contribution in [0.1, 0.15) is 10.5 Å². The summed E-state index contributed by atoms with van der Waals surface area (Å²) in [7, 11) is 1.80. The number of aromatic nitrogens is 4. The SMILES string of the molecule is Cn1nc(-c2ccccc2)cc1NC(=O)c1ccnn1-c1ccccc1. The molecule has 0 saturated heterocycles. The van der Waals surface area contributed by atoms with Crippen LogP contribution in [0.4, 0.5) is 5.82 Å². The van der Waals surface area contributed by atoms with Crippen LogP contribution < -0.4 is 5.32 Å². The first-order valence-electron chi connectivity index (χ1n) is 8.22. The van der Waals surface area contributed by atoms with Crippen molar-refractivity contribution in [3.05, 3.63) is 84.7 Å². The molecular formula is C20H17N5O. The van der Waals surface area contributed by atoms with E-state index in [9.17, 15) is 4.79 Å². The van der Waals surface area contributed by atoms with Gasteiger partial charge in [0, 0.05) is 18.7 Å². The van der Waals surface area contributed by atoms with Gasteiger partial charge in [0.2, 0.25) is 0 Å². The number of carbonyl (C=O) groups excluding carboxylic acids is 1. The summed E-state index contributed by atoms with van der Waals surface area (Å²) < 4.78 is 3.27. The number of hydrogen-bond donors (Lipinski definition) is 1. The summed E-state index contributed by atoms with van der Waals surface area (Å²) in [6, 6.07) is 22.9. The number of anilines is 1. The van der Waals surface area contributed by atoms with Gasteiger partial charge >= 0.3 is 0 Å². The third kappa shape index (κ3) is 3.00. The summed E-state index contributed by atoms with van der Waals surface area (Å²) in [6.45, 7) is 0. The molecule has 1 N–H and O–H groups in total. The fourth-order valence-corrected chi connectivity index (χ4v) is 2.76. The third-order valence-electron chi connectivity index (χ3n) is 4.07. The van der Waals surface area contributed by atoms with Crippen LogP contribution in [0.25, 0.3) is 16.9 Å². The Kier molecular flexibility index (Phi) is 4.07. The Hall–Kier alpha value is -3.67. The lowest BCUT2D eigenvalue weighted by molar-refractivity contribution is 0.101. The zero-order chi connectivity index (χ0) is 17.9. The van der Waals surface area contributed by atoms with Gasteiger partial charge in [-0.25, -0.2) is 4.68 Å². The molecule has 0 bridgehead atoms. The molecule has 0 saturated carbocycles. The molecule has 6 heteroatoms. The van der Waals surface area contributed by atoms with Crippen molar-refractivity contribution in [3.8, 4) is 16.9 Å². The predicted octanol–water partition coefficient (Wildman–Crippen LogP) is 3.53. The molecule has 2 heterocycles. The Morgan fingerprint density at radius 2 is 1.65 bits per heavy atom. The van der Waals surface area contributed by atoms with Crippen LogP contribution in [0, 0.1) is 0 Å². The van der Waals surface area contributed by atoms with E-state index in [4.69, 9.17) is 0 Å². The van der Waals surface area contributed by atoms with Gasteiger partial charge in [0.15, 0.2) is 0 Å². The second-order valence-corrected chi connectivity index (χ2v) is 5.82. The maximum atomic E-state index is 12.8. The van der Waals surface area contributed by atoms with E-state index in [0.29, 0.717) is 11.5 Å². The maximum absolute atomic E-state index is 12.8. The second-order valence-electron chi connectivity index (χ2n) is 5.82. The number of nitrogens with zero attached hydrogens (tertiary/aromatic N) is 4. The number of amides is 1. The summed E-state index contributed by atoms with van der Waals surface area (Å²) in [5.74, 6) is 0.378. The van der Waals surface area contributed by atoms with E-state index in [0.717, 1.165) is 16.9 Å². The molecule has 128 valence electrons. The maximum Gasteiger partial charge on any atom is 0.275 e. The van der Waals surface area contributed by atoms with E-state index in [-0.39, 0.29) is 5.91 Å². The van der Waals surface area contributed by atoms with Crippen molar-refractivity contribution in [1.82, 2.24) is 19.6 Å². The number of carbonyl (C=O) groups is 1. The van der Waals surface area contributed by atoms with Gasteiger partial charge in [0.1, 0.15) is 11.5 Å². The van der Waals surface area contributed by atoms with Crippen molar-refractivity contribution in [1.29, 1.82) is 0 Å². The van der Waals surface area contributed by atoms with Crippen LogP contribution in [-0.2, 0) is 7.05 Å². The molecule has 0 atom stereocenters. The molecule has 4 aromatic rings. The first kappa shape index (κ1) is 15.8. The topological polar surface area (TPSA) is 64.7 Å². The van der Waals surface area contributed by atoms with Gasteiger partial charge in [-0.05, 0) is 18.2 Å². The molecule has 0 fully saturated rings. The smallest absolute Gasteiger partial charge is 0.275 e. The average molecular weight is 343 g/mol. The van der Waals surface area contributed by atoms with E-state index < -0.39 is 0 Å². The molecule has 26 heavy (non-hydrogen) atoms. The average Bonchev–Trinajstić information content (AvgIpc) is 3.31. The van der Waals surface area contributed by atoms with Crippen LogP contribution in [0.2, 0.25) is 0 Å². The van der Waals surface area contributed by atoms with E-state index in [1.165, 1.54) is 0 Å². The predicted molar refractivity (Wildman–Crippen MR) is 100 cm³/mol. The summed E-state index contributed by atoms with van der Waals surface area (Å²) in [5.41, 5.74) is 3.09. The van der Waals surface area contributed by atoms with Crippen molar-refractivity contribution in [2.24, 2.45) is 7.05 Å². The minimum atomic E-state index is -0.242. The first-order chi connectivity index (χ1) is 12.7. The Morgan fingerprint density at radius 1 is 0.962 bits per heavy atom. The normalized spacial score (nSPS) is 10.7. The van der Waals surface area contributed by atoms with Crippen molar-refractivity contribution >= 4 is 11.7 Å². The van der Waals surface area contributed by atoms with Gasteiger partial charge in [0.25, 0.3) is 5.91 Å². The summed E-state index contributed by atoms with van der Waals surface area (Å²) >= 11 is 0. The van der Waals surface area contributed by atoms with Crippen molar-refractivity contribution in [2.75, 3.05) is 5.32 Å². The van der Waals surface area contributed by atoms with Gasteiger partial charge in [-0.15, -0.1) is 0 Å². The van der Waals surface area contributed by atoms with Crippen LogP contribution in [0.5, 0.6) is 0 Å². The Bertz CT molecular complexity index is 1030. The highest BCUT2D eigenvalue weighted by Gasteiger charge is 2.16. The largest absolute Gasteiger partial charge is 0.305 e. The quantitative estimate of drug-likeness (QED) is 0.616. The Balaban J connectivity index is 1.61. The van der Waals surface area contributed by atoms with Crippen LogP contribution in [0.3, 0.4) is 0 Å². The van der Waals surface area contributed by atoms with Crippen molar-refractivity contribution in [2.45, 2.75) is 0 Å². The van der Waals surface area contributed by atoms with Crippen molar-refractivity contribution in [3.63, 3.8) is 0 Å². The fraction of sp³-hybridized carbons (Fsp3) is 0.0500. The summed E-state index contributed by atoms with van der Waals surface area (Å²) in [5, 5.41) is 11.6. The summed E-state index contributed by atoms with van der Waals surface area (Å²) in [6.07, 6.45) is 1.61. The zero-order valence-electron chi connectivity index (χ0n) is 14.2. The number of hydrogen-bond acceptors (Lipinski definition) is 3. The lowest BCUT2D eigenvalue weighted by Gasteiger charge is -2.08. The second kappa shape index (κ2) is 6.68. The molecule has 0 spiro atoms. The molecule has 0 aliphatic carbocycles. The monoisotopic (exact) mass is 343 g/mol. The van der Waals surface area contributed by atoms with Gasteiger partial charge in [-0.1, -0.05) is 48.5 Å². The lowest BCUT2D eigenvalue weighted by atomic mass is 10.1. The summed E-state index contributed by atoms with van der Waals surface area (Å²) in [4.78, 5) is 12.8. The highest BCUT2D eigenvalue weighted by molar-refractivity contribution is 6.03. The van der Waals surface area contributed by atoms with Crippen molar-refractivity contribution < 1.29 is 4.79 Å². The van der Waals surface area contributed by atoms with Crippen LogP contribution in [0.15, 0.2) is 79.0 Å². The standard InChI is InChI=1S/C20H17N5O/c1-24-19(14-17(23-24)15-8-4-2-5-9-15)22-20(26)18-12-13-21-25(18)16-10-6-3-7-11-16/h2-14H,1H3,(H,22,26). The number of para-hydroxylation sites is 1. The van der Waals surface area contributed by atoms with Crippen LogP contribution in [-0.4, -0.2) is 25.5 Å². The molecule has 2 aromatic heterocycles. The lowest BCUT2D eigenvalue weighted by Crippen LogP contribution is -2.18. The molecule has 6 nitrogen and oxygen atoms in total. The highest BCUT2D eigenvalue weighted by Crippen LogP contribution is 2.21. The molecule has 0 unspecified atom stereocenters. The van der Waals surface area contributed by atoms with E-state index in [2.05, 4.69) is 15.5 Å². The molecule has 1 amide bonds. The van der Waals surface area contributed by atoms with Gasteiger partial charge < -0.3 is 5.32 Å². The van der Waals surface area contributed by atoms with Gasteiger partial charge in [0.05, 0.1) is 17.6 Å². The van der Waals surface area contributed by atoms with Gasteiger partial charge in [-0.3, -0.25) is 9.48 Å². The number of rotatable bonds is 4. The number of aryl methyl sites for hydroxylation is 1. The highest BCUT2D eigenvalue weighted by atomic mass is 16.2. The number of benzene rings is 2. The number of nitrogens with one attached hydrogen (secondary N) is 1. The zero-order valence-corrected chi connectivity index (χ0v) is 14.2. The fourth-order valence-electron chi connectivity index (χ4n) is 2.76. The molecule has 0 aliphatic heterocycles. The molecule has 0 aliphatic rings. The first-order valence-corrected chi connectivity index (χ1v) is 8.22.